The van der Waals surface area contributed by atoms with E-state index in [-0.39, 0.29) is 12.5 Å². The number of nitrogens with one attached hydrogen (secondary N) is 1. The molecular formula is C13H18N2O3. The monoisotopic (exact) mass is 250 g/mol. The second-order valence-electron chi connectivity index (χ2n) is 4.37. The molecule has 1 aliphatic carbocycles. The molecule has 18 heavy (non-hydrogen) atoms. The summed E-state index contributed by atoms with van der Waals surface area (Å²) in [7, 11) is 0. The summed E-state index contributed by atoms with van der Waals surface area (Å²) in [6.45, 7) is 1.98. The number of hydrogen-bond acceptors (Lipinski definition) is 3. The summed E-state index contributed by atoms with van der Waals surface area (Å²) in [5, 5.41) is 2.58. The third-order valence-corrected chi connectivity index (χ3v) is 3.18. The smallest absolute Gasteiger partial charge is 0.325 e. The van der Waals surface area contributed by atoms with Crippen LogP contribution in [0.2, 0.25) is 0 Å². The van der Waals surface area contributed by atoms with Crippen LogP contribution < -0.4 is 5.32 Å². The van der Waals surface area contributed by atoms with E-state index in [0.29, 0.717) is 18.3 Å². The van der Waals surface area contributed by atoms with E-state index in [1.807, 2.05) is 16.8 Å². The third kappa shape index (κ3) is 2.72. The van der Waals surface area contributed by atoms with Gasteiger partial charge < -0.3 is 14.6 Å². The van der Waals surface area contributed by atoms with Crippen molar-refractivity contribution in [2.24, 2.45) is 0 Å². The van der Waals surface area contributed by atoms with Gasteiger partial charge in [-0.25, -0.2) is 0 Å². The fourth-order valence-corrected chi connectivity index (χ4v) is 2.02. The number of rotatable bonds is 5. The normalized spacial score (nSPS) is 14.9. The lowest BCUT2D eigenvalue weighted by Gasteiger charge is -2.28. The zero-order valence-corrected chi connectivity index (χ0v) is 10.5. The Balaban J connectivity index is 1.92. The maximum Gasteiger partial charge on any atom is 0.325 e. The molecule has 1 fully saturated rings. The number of nitrogens with zero attached hydrogens (tertiary/aromatic N) is 1. The maximum absolute atomic E-state index is 11.9. The molecule has 5 nitrogen and oxygen atoms in total. The van der Waals surface area contributed by atoms with Gasteiger partial charge >= 0.3 is 5.97 Å². The van der Waals surface area contributed by atoms with E-state index in [2.05, 4.69) is 5.32 Å². The molecule has 1 aromatic heterocycles. The Hall–Kier alpha value is -1.78. The number of carbonyl (C=O) groups excluding carboxylic acids is 2. The van der Waals surface area contributed by atoms with Gasteiger partial charge in [-0.3, -0.25) is 9.59 Å². The summed E-state index contributed by atoms with van der Waals surface area (Å²) in [6.07, 6.45) is 5.37. The predicted molar refractivity (Wildman–Crippen MR) is 66.3 cm³/mol. The molecule has 0 atom stereocenters. The summed E-state index contributed by atoms with van der Waals surface area (Å²) in [6, 6.07) is 4.07. The van der Waals surface area contributed by atoms with E-state index >= 15 is 0 Å². The van der Waals surface area contributed by atoms with Gasteiger partial charge in [0.2, 0.25) is 0 Å². The molecule has 2 rings (SSSR count). The first-order valence-corrected chi connectivity index (χ1v) is 6.33. The Morgan fingerprint density at radius 3 is 2.89 bits per heavy atom. The molecule has 1 saturated carbocycles. The Labute approximate surface area is 106 Å². The van der Waals surface area contributed by atoms with E-state index in [9.17, 15) is 9.59 Å². The van der Waals surface area contributed by atoms with E-state index in [1.54, 1.807) is 13.0 Å². The fraction of sp³-hybridized carbons (Fsp3) is 0.538. The van der Waals surface area contributed by atoms with E-state index in [1.165, 1.54) is 6.42 Å². The molecular weight excluding hydrogens is 232 g/mol. The fourth-order valence-electron chi connectivity index (χ4n) is 2.02. The number of hydrogen-bond donors (Lipinski definition) is 1. The highest BCUT2D eigenvalue weighted by molar-refractivity contribution is 5.94. The lowest BCUT2D eigenvalue weighted by atomic mass is 9.93. The number of carbonyl (C=O) groups is 2. The van der Waals surface area contributed by atoms with Crippen molar-refractivity contribution < 1.29 is 14.3 Å². The molecule has 0 bridgehead atoms. The van der Waals surface area contributed by atoms with Crippen LogP contribution in [0.1, 0.15) is 42.7 Å². The Morgan fingerprint density at radius 2 is 2.28 bits per heavy atom. The standard InChI is InChI=1S/C13H18N2O3/c1-2-18-12(16)9-14-13(17)11-7-4-8-15(11)10-5-3-6-10/h4,7-8,10H,2-3,5-6,9H2,1H3,(H,14,17). The Bertz CT molecular complexity index is 435. The molecule has 0 spiro atoms. The molecule has 98 valence electrons. The largest absolute Gasteiger partial charge is 0.465 e. The minimum Gasteiger partial charge on any atom is -0.465 e. The Kier molecular flexibility index (Phi) is 4.02. The molecule has 1 amide bonds. The lowest BCUT2D eigenvalue weighted by molar-refractivity contribution is -0.141. The summed E-state index contributed by atoms with van der Waals surface area (Å²) >= 11 is 0. The van der Waals surface area contributed by atoms with Crippen LogP contribution in [0.5, 0.6) is 0 Å². The Morgan fingerprint density at radius 1 is 1.50 bits per heavy atom. The maximum atomic E-state index is 11.9. The minimum atomic E-state index is -0.410. The molecule has 1 N–H and O–H groups in total. The van der Waals surface area contributed by atoms with Gasteiger partial charge in [-0.05, 0) is 38.3 Å². The van der Waals surface area contributed by atoms with E-state index in [4.69, 9.17) is 4.74 Å². The summed E-state index contributed by atoms with van der Waals surface area (Å²) in [5.74, 6) is -0.632. The quantitative estimate of drug-likeness (QED) is 0.806. The highest BCUT2D eigenvalue weighted by Crippen LogP contribution is 2.32. The van der Waals surface area contributed by atoms with Crippen molar-refractivity contribution in [1.82, 2.24) is 9.88 Å². The molecule has 0 aromatic carbocycles. The van der Waals surface area contributed by atoms with Gasteiger partial charge in [0.25, 0.3) is 5.91 Å². The van der Waals surface area contributed by atoms with Crippen LogP contribution in [0.25, 0.3) is 0 Å². The lowest BCUT2D eigenvalue weighted by Crippen LogP contribution is -2.33. The van der Waals surface area contributed by atoms with Crippen molar-refractivity contribution in [3.63, 3.8) is 0 Å². The molecule has 0 radical (unpaired) electrons. The average molecular weight is 250 g/mol. The molecule has 5 heteroatoms. The SMILES string of the molecule is CCOC(=O)CNC(=O)c1cccn1C1CCC1. The summed E-state index contributed by atoms with van der Waals surface area (Å²) in [4.78, 5) is 23.1. The molecule has 0 aliphatic heterocycles. The van der Waals surface area contributed by atoms with Crippen LogP contribution in [0, 0.1) is 0 Å². The van der Waals surface area contributed by atoms with Gasteiger partial charge in [-0.1, -0.05) is 0 Å². The third-order valence-electron chi connectivity index (χ3n) is 3.18. The first kappa shape index (κ1) is 12.7. The van der Waals surface area contributed by atoms with Crippen LogP contribution in [-0.4, -0.2) is 29.6 Å². The van der Waals surface area contributed by atoms with E-state index in [0.717, 1.165) is 12.8 Å². The van der Waals surface area contributed by atoms with Crippen LogP contribution in [0.15, 0.2) is 18.3 Å². The van der Waals surface area contributed by atoms with Crippen molar-refractivity contribution in [2.75, 3.05) is 13.2 Å². The zero-order chi connectivity index (χ0) is 13.0. The van der Waals surface area contributed by atoms with Crippen molar-refractivity contribution in [2.45, 2.75) is 32.2 Å². The molecule has 1 heterocycles. The zero-order valence-electron chi connectivity index (χ0n) is 10.5. The molecule has 0 saturated heterocycles. The highest BCUT2D eigenvalue weighted by Gasteiger charge is 2.23. The summed E-state index contributed by atoms with van der Waals surface area (Å²) < 4.78 is 6.75. The van der Waals surface area contributed by atoms with Gasteiger partial charge in [-0.15, -0.1) is 0 Å². The predicted octanol–water partition coefficient (Wildman–Crippen LogP) is 1.51. The number of ether oxygens (including phenoxy) is 1. The first-order chi connectivity index (χ1) is 8.72. The molecule has 1 aliphatic rings. The van der Waals surface area contributed by atoms with Crippen LogP contribution in [-0.2, 0) is 9.53 Å². The molecule has 0 unspecified atom stereocenters. The van der Waals surface area contributed by atoms with Crippen molar-refractivity contribution >= 4 is 11.9 Å². The highest BCUT2D eigenvalue weighted by atomic mass is 16.5. The van der Waals surface area contributed by atoms with Crippen molar-refractivity contribution in [3.05, 3.63) is 24.0 Å². The van der Waals surface area contributed by atoms with E-state index < -0.39 is 5.97 Å². The number of aromatic nitrogens is 1. The minimum absolute atomic E-state index is 0.0808. The first-order valence-electron chi connectivity index (χ1n) is 6.33. The average Bonchev–Trinajstić information content (AvgIpc) is 2.73. The topological polar surface area (TPSA) is 60.3 Å². The number of esters is 1. The number of amides is 1. The van der Waals surface area contributed by atoms with Crippen molar-refractivity contribution in [3.8, 4) is 0 Å². The van der Waals surface area contributed by atoms with Crippen LogP contribution in [0.4, 0.5) is 0 Å². The molecule has 1 aromatic rings. The van der Waals surface area contributed by atoms with Crippen LogP contribution in [0.3, 0.4) is 0 Å². The van der Waals surface area contributed by atoms with Gasteiger partial charge in [-0.2, -0.15) is 0 Å². The van der Waals surface area contributed by atoms with Gasteiger partial charge in [0.15, 0.2) is 0 Å². The van der Waals surface area contributed by atoms with Crippen LogP contribution >= 0.6 is 0 Å². The second kappa shape index (κ2) is 5.71. The second-order valence-corrected chi connectivity index (χ2v) is 4.37. The van der Waals surface area contributed by atoms with Gasteiger partial charge in [0, 0.05) is 12.2 Å². The van der Waals surface area contributed by atoms with Crippen molar-refractivity contribution in [1.29, 1.82) is 0 Å². The van der Waals surface area contributed by atoms with Gasteiger partial charge in [0.05, 0.1) is 6.61 Å². The summed E-state index contributed by atoms with van der Waals surface area (Å²) in [5.41, 5.74) is 0.615. The van der Waals surface area contributed by atoms with Gasteiger partial charge in [0.1, 0.15) is 12.2 Å².